The van der Waals surface area contributed by atoms with Crippen LogP contribution in [0.2, 0.25) is 0 Å². The van der Waals surface area contributed by atoms with Gasteiger partial charge in [0.05, 0.1) is 0 Å². The molecule has 1 saturated heterocycles. The number of piperidine rings is 1. The van der Waals surface area contributed by atoms with Crippen LogP contribution in [-0.4, -0.2) is 37.5 Å². The SMILES string of the molecule is CNCC1CCN(C(=O)c2ccc(Oc3ccc(F)c(F)c3)cc2)CC1. The molecule has 1 aliphatic heterocycles. The van der Waals surface area contributed by atoms with Gasteiger partial charge in [0.25, 0.3) is 5.91 Å². The summed E-state index contributed by atoms with van der Waals surface area (Å²) in [6, 6.07) is 10.1. The fraction of sp³-hybridized carbons (Fsp3) is 0.350. The summed E-state index contributed by atoms with van der Waals surface area (Å²) in [5.41, 5.74) is 0.592. The molecule has 1 fully saturated rings. The van der Waals surface area contributed by atoms with Crippen molar-refractivity contribution >= 4 is 5.91 Å². The highest BCUT2D eigenvalue weighted by molar-refractivity contribution is 5.94. The highest BCUT2D eigenvalue weighted by Crippen LogP contribution is 2.24. The standard InChI is InChI=1S/C20H22F2N2O2/c1-23-13-14-8-10-24(11-9-14)20(25)15-2-4-16(5-3-15)26-17-6-7-18(21)19(22)12-17/h2-7,12,14,23H,8-11,13H2,1H3. The van der Waals surface area contributed by atoms with E-state index in [1.807, 2.05) is 11.9 Å². The van der Waals surface area contributed by atoms with Crippen LogP contribution < -0.4 is 10.1 Å². The number of nitrogens with zero attached hydrogens (tertiary/aromatic N) is 1. The molecule has 4 nitrogen and oxygen atoms in total. The second-order valence-electron chi connectivity index (χ2n) is 6.50. The molecule has 0 radical (unpaired) electrons. The average molecular weight is 360 g/mol. The summed E-state index contributed by atoms with van der Waals surface area (Å²) in [7, 11) is 1.95. The number of hydrogen-bond acceptors (Lipinski definition) is 3. The first-order chi connectivity index (χ1) is 12.6. The van der Waals surface area contributed by atoms with Crippen LogP contribution in [0, 0.1) is 17.6 Å². The van der Waals surface area contributed by atoms with Gasteiger partial charge in [-0.2, -0.15) is 0 Å². The predicted molar refractivity (Wildman–Crippen MR) is 95.4 cm³/mol. The number of carbonyl (C=O) groups is 1. The normalized spacial score (nSPS) is 15.1. The summed E-state index contributed by atoms with van der Waals surface area (Å²) >= 11 is 0. The van der Waals surface area contributed by atoms with Crippen LogP contribution in [0.1, 0.15) is 23.2 Å². The van der Waals surface area contributed by atoms with E-state index in [-0.39, 0.29) is 11.7 Å². The molecule has 0 atom stereocenters. The van der Waals surface area contributed by atoms with Crippen molar-refractivity contribution in [1.29, 1.82) is 0 Å². The summed E-state index contributed by atoms with van der Waals surface area (Å²) in [4.78, 5) is 14.5. The molecule has 3 rings (SSSR count). The number of carbonyl (C=O) groups excluding carboxylic acids is 1. The minimum absolute atomic E-state index is 0.00674. The number of nitrogens with one attached hydrogen (secondary N) is 1. The van der Waals surface area contributed by atoms with Crippen LogP contribution in [0.15, 0.2) is 42.5 Å². The Kier molecular flexibility index (Phi) is 5.83. The van der Waals surface area contributed by atoms with E-state index in [4.69, 9.17) is 4.74 Å². The molecule has 2 aromatic carbocycles. The quantitative estimate of drug-likeness (QED) is 0.881. The molecule has 2 aromatic rings. The van der Waals surface area contributed by atoms with Crippen LogP contribution in [0.5, 0.6) is 11.5 Å². The number of likely N-dealkylation sites (tertiary alicyclic amines) is 1. The minimum atomic E-state index is -0.962. The third kappa shape index (κ3) is 4.38. The van der Waals surface area contributed by atoms with Gasteiger partial charge in [-0.1, -0.05) is 0 Å². The third-order valence-electron chi connectivity index (χ3n) is 4.62. The maximum Gasteiger partial charge on any atom is 0.253 e. The molecular weight excluding hydrogens is 338 g/mol. The van der Waals surface area contributed by atoms with E-state index >= 15 is 0 Å². The zero-order valence-electron chi connectivity index (χ0n) is 14.7. The second-order valence-corrected chi connectivity index (χ2v) is 6.50. The zero-order valence-corrected chi connectivity index (χ0v) is 14.7. The van der Waals surface area contributed by atoms with Gasteiger partial charge in [0.1, 0.15) is 11.5 Å². The second kappa shape index (κ2) is 8.27. The van der Waals surface area contributed by atoms with E-state index in [0.717, 1.165) is 44.6 Å². The fourth-order valence-corrected chi connectivity index (χ4v) is 3.15. The first-order valence-corrected chi connectivity index (χ1v) is 8.73. The smallest absolute Gasteiger partial charge is 0.253 e. The van der Waals surface area contributed by atoms with Gasteiger partial charge in [0.2, 0.25) is 0 Å². The maximum atomic E-state index is 13.2. The van der Waals surface area contributed by atoms with Crippen molar-refractivity contribution in [3.8, 4) is 11.5 Å². The molecule has 1 aliphatic rings. The highest BCUT2D eigenvalue weighted by Gasteiger charge is 2.23. The van der Waals surface area contributed by atoms with E-state index in [1.54, 1.807) is 24.3 Å². The first kappa shape index (κ1) is 18.3. The Hall–Kier alpha value is -2.47. The van der Waals surface area contributed by atoms with E-state index in [9.17, 15) is 13.6 Å². The van der Waals surface area contributed by atoms with Crippen molar-refractivity contribution in [2.45, 2.75) is 12.8 Å². The largest absolute Gasteiger partial charge is 0.457 e. The number of rotatable bonds is 5. The third-order valence-corrected chi connectivity index (χ3v) is 4.62. The first-order valence-electron chi connectivity index (χ1n) is 8.73. The van der Waals surface area contributed by atoms with Gasteiger partial charge in [-0.25, -0.2) is 8.78 Å². The van der Waals surface area contributed by atoms with Crippen molar-refractivity contribution in [2.75, 3.05) is 26.7 Å². The summed E-state index contributed by atoms with van der Waals surface area (Å²) in [6.45, 7) is 2.51. The van der Waals surface area contributed by atoms with Crippen molar-refractivity contribution in [1.82, 2.24) is 10.2 Å². The lowest BCUT2D eigenvalue weighted by Gasteiger charge is -2.32. The van der Waals surface area contributed by atoms with Gasteiger partial charge >= 0.3 is 0 Å². The molecule has 0 aliphatic carbocycles. The van der Waals surface area contributed by atoms with E-state index in [2.05, 4.69) is 5.32 Å². The van der Waals surface area contributed by atoms with Crippen molar-refractivity contribution in [2.24, 2.45) is 5.92 Å². The van der Waals surface area contributed by atoms with Crippen molar-refractivity contribution < 1.29 is 18.3 Å². The van der Waals surface area contributed by atoms with E-state index < -0.39 is 11.6 Å². The lowest BCUT2D eigenvalue weighted by Crippen LogP contribution is -2.40. The Morgan fingerprint density at radius 1 is 1.08 bits per heavy atom. The molecule has 0 aromatic heterocycles. The van der Waals surface area contributed by atoms with Gasteiger partial charge in [0, 0.05) is 24.7 Å². The average Bonchev–Trinajstić information content (AvgIpc) is 2.66. The van der Waals surface area contributed by atoms with Crippen LogP contribution in [0.3, 0.4) is 0 Å². The monoisotopic (exact) mass is 360 g/mol. The van der Waals surface area contributed by atoms with E-state index in [1.165, 1.54) is 6.07 Å². The number of ether oxygens (including phenoxy) is 1. The summed E-state index contributed by atoms with van der Waals surface area (Å²) in [6.07, 6.45) is 2.01. The highest BCUT2D eigenvalue weighted by atomic mass is 19.2. The zero-order chi connectivity index (χ0) is 18.5. The van der Waals surface area contributed by atoms with Crippen LogP contribution in [-0.2, 0) is 0 Å². The molecule has 1 heterocycles. The summed E-state index contributed by atoms with van der Waals surface area (Å²) < 4.78 is 31.7. The molecule has 0 bridgehead atoms. The number of benzene rings is 2. The molecular formula is C20H22F2N2O2. The van der Waals surface area contributed by atoms with Crippen molar-refractivity contribution in [3.63, 3.8) is 0 Å². The van der Waals surface area contributed by atoms with Crippen LogP contribution in [0.4, 0.5) is 8.78 Å². The molecule has 1 N–H and O–H groups in total. The topological polar surface area (TPSA) is 41.6 Å². The van der Waals surface area contributed by atoms with Gasteiger partial charge in [-0.15, -0.1) is 0 Å². The maximum absolute atomic E-state index is 13.2. The molecule has 0 spiro atoms. The Balaban J connectivity index is 1.60. The number of hydrogen-bond donors (Lipinski definition) is 1. The van der Waals surface area contributed by atoms with Gasteiger partial charge < -0.3 is 15.0 Å². The fourth-order valence-electron chi connectivity index (χ4n) is 3.15. The molecule has 0 unspecified atom stereocenters. The Bertz CT molecular complexity index is 757. The number of halogens is 2. The van der Waals surface area contributed by atoms with Crippen LogP contribution >= 0.6 is 0 Å². The Labute approximate surface area is 151 Å². The Morgan fingerprint density at radius 3 is 2.35 bits per heavy atom. The lowest BCUT2D eigenvalue weighted by molar-refractivity contribution is 0.0691. The van der Waals surface area contributed by atoms with Crippen molar-refractivity contribution in [3.05, 3.63) is 59.7 Å². The lowest BCUT2D eigenvalue weighted by atomic mass is 9.96. The van der Waals surface area contributed by atoms with Gasteiger partial charge in [-0.05, 0) is 68.8 Å². The summed E-state index contributed by atoms with van der Waals surface area (Å²) in [5, 5.41) is 3.18. The van der Waals surface area contributed by atoms with Crippen LogP contribution in [0.25, 0.3) is 0 Å². The summed E-state index contributed by atoms with van der Waals surface area (Å²) in [5.74, 6) is -0.592. The molecule has 1 amide bonds. The minimum Gasteiger partial charge on any atom is -0.457 e. The molecule has 138 valence electrons. The predicted octanol–water partition coefficient (Wildman–Crippen LogP) is 3.83. The molecule has 0 saturated carbocycles. The number of amides is 1. The van der Waals surface area contributed by atoms with Gasteiger partial charge in [0.15, 0.2) is 11.6 Å². The Morgan fingerprint density at radius 2 is 1.73 bits per heavy atom. The van der Waals surface area contributed by atoms with E-state index in [0.29, 0.717) is 17.2 Å². The van der Waals surface area contributed by atoms with Gasteiger partial charge in [-0.3, -0.25) is 4.79 Å². The molecule has 6 heteroatoms. The molecule has 26 heavy (non-hydrogen) atoms.